The van der Waals surface area contributed by atoms with Crippen molar-refractivity contribution in [3.8, 4) is 5.75 Å². The highest BCUT2D eigenvalue weighted by molar-refractivity contribution is 5.33. The third-order valence-corrected chi connectivity index (χ3v) is 5.03. The molecule has 0 amide bonds. The Hall–Kier alpha value is -1.09. The first-order valence-electron chi connectivity index (χ1n) is 7.84. The summed E-state index contributed by atoms with van der Waals surface area (Å²) in [5, 5.41) is 3.69. The molecule has 20 heavy (non-hydrogen) atoms. The molecule has 1 aliphatic heterocycles. The molecule has 1 heterocycles. The third-order valence-electron chi connectivity index (χ3n) is 5.03. The summed E-state index contributed by atoms with van der Waals surface area (Å²) in [5.41, 5.74) is 1.20. The molecule has 3 rings (SSSR count). The second-order valence-electron chi connectivity index (χ2n) is 6.24. The monoisotopic (exact) mass is 277 g/mol. The van der Waals surface area contributed by atoms with Gasteiger partial charge in [-0.2, -0.15) is 0 Å². The Balaban J connectivity index is 1.67. The van der Waals surface area contributed by atoms with Gasteiger partial charge in [0.15, 0.2) is 11.6 Å². The smallest absolute Gasteiger partial charge is 0.165 e. The molecule has 1 N–H and O–H groups in total. The second kappa shape index (κ2) is 6.13. The molecular formula is C17H24FNO. The quantitative estimate of drug-likeness (QED) is 0.906. The van der Waals surface area contributed by atoms with Crippen molar-refractivity contribution in [1.82, 2.24) is 5.32 Å². The lowest BCUT2D eigenvalue weighted by Crippen LogP contribution is -2.31. The summed E-state index contributed by atoms with van der Waals surface area (Å²) >= 11 is 0. The summed E-state index contributed by atoms with van der Waals surface area (Å²) in [6, 6.07) is 5.96. The van der Waals surface area contributed by atoms with Gasteiger partial charge in [-0.1, -0.05) is 25.3 Å². The number of nitrogens with one attached hydrogen (secondary N) is 1. The molecule has 1 saturated carbocycles. The fourth-order valence-corrected chi connectivity index (χ4v) is 3.85. The van der Waals surface area contributed by atoms with Crippen molar-refractivity contribution in [2.75, 3.05) is 13.7 Å². The van der Waals surface area contributed by atoms with E-state index in [1.807, 2.05) is 12.1 Å². The zero-order chi connectivity index (χ0) is 13.9. The lowest BCUT2D eigenvalue weighted by Gasteiger charge is -2.27. The summed E-state index contributed by atoms with van der Waals surface area (Å²) in [6.07, 6.45) is 8.10. The Bertz CT molecular complexity index is 456. The van der Waals surface area contributed by atoms with E-state index in [1.54, 1.807) is 0 Å². The number of halogens is 1. The van der Waals surface area contributed by atoms with E-state index >= 15 is 0 Å². The van der Waals surface area contributed by atoms with Crippen molar-refractivity contribution in [2.45, 2.75) is 50.5 Å². The molecule has 1 aromatic rings. The Morgan fingerprint density at radius 1 is 1.20 bits per heavy atom. The maximum absolute atomic E-state index is 13.5. The molecule has 0 bridgehead atoms. The van der Waals surface area contributed by atoms with Crippen molar-refractivity contribution in [2.24, 2.45) is 5.92 Å². The number of hydrogen-bond acceptors (Lipinski definition) is 2. The Labute approximate surface area is 120 Å². The van der Waals surface area contributed by atoms with Crippen molar-refractivity contribution < 1.29 is 9.13 Å². The van der Waals surface area contributed by atoms with Gasteiger partial charge < -0.3 is 10.1 Å². The molecule has 1 saturated heterocycles. The van der Waals surface area contributed by atoms with Gasteiger partial charge in [0, 0.05) is 12.6 Å². The van der Waals surface area contributed by atoms with Crippen LogP contribution in [0, 0.1) is 11.7 Å². The molecule has 0 spiro atoms. The van der Waals surface area contributed by atoms with Crippen LogP contribution in [0.5, 0.6) is 5.75 Å². The van der Waals surface area contributed by atoms with Crippen molar-refractivity contribution in [3.05, 3.63) is 29.6 Å². The fourth-order valence-electron chi connectivity index (χ4n) is 3.85. The minimum Gasteiger partial charge on any atom is -0.494 e. The van der Waals surface area contributed by atoms with Gasteiger partial charge in [0.2, 0.25) is 0 Å². The third kappa shape index (κ3) is 2.83. The second-order valence-corrected chi connectivity index (χ2v) is 6.24. The van der Waals surface area contributed by atoms with Gasteiger partial charge in [-0.05, 0) is 48.8 Å². The van der Waals surface area contributed by atoms with Crippen LogP contribution in [0.3, 0.4) is 0 Å². The molecule has 2 unspecified atom stereocenters. The molecule has 0 radical (unpaired) electrons. The average Bonchev–Trinajstić information content (AvgIpc) is 2.98. The van der Waals surface area contributed by atoms with E-state index in [0.29, 0.717) is 17.7 Å². The lowest BCUT2D eigenvalue weighted by atomic mass is 9.81. The average molecular weight is 277 g/mol. The zero-order valence-corrected chi connectivity index (χ0v) is 12.2. The van der Waals surface area contributed by atoms with E-state index in [2.05, 4.69) is 5.32 Å². The Kier molecular flexibility index (Phi) is 4.25. The minimum absolute atomic E-state index is 0.272. The molecular weight excluding hydrogens is 253 g/mol. The van der Waals surface area contributed by atoms with Crippen LogP contribution in [0.4, 0.5) is 4.39 Å². The van der Waals surface area contributed by atoms with Gasteiger partial charge in [0.1, 0.15) is 0 Å². The standard InChI is InChI=1S/C17H24FNO/c1-20-17-10-13(7-8-15(17)18)14-9-16(19-11-14)12-5-3-2-4-6-12/h7-8,10,12,14,16,19H,2-6,9,11H2,1H3. The van der Waals surface area contributed by atoms with Crippen LogP contribution in [0.1, 0.15) is 50.0 Å². The minimum atomic E-state index is -0.272. The van der Waals surface area contributed by atoms with Gasteiger partial charge >= 0.3 is 0 Å². The molecule has 0 aromatic heterocycles. The normalized spacial score (nSPS) is 27.7. The van der Waals surface area contributed by atoms with E-state index in [4.69, 9.17) is 4.74 Å². The zero-order valence-electron chi connectivity index (χ0n) is 12.2. The van der Waals surface area contributed by atoms with Crippen LogP contribution in [0.25, 0.3) is 0 Å². The van der Waals surface area contributed by atoms with E-state index in [9.17, 15) is 4.39 Å². The summed E-state index contributed by atoms with van der Waals surface area (Å²) < 4.78 is 18.6. The van der Waals surface area contributed by atoms with E-state index in [1.165, 1.54) is 57.3 Å². The van der Waals surface area contributed by atoms with Crippen LogP contribution in [0.15, 0.2) is 18.2 Å². The highest BCUT2D eigenvalue weighted by Gasteiger charge is 2.32. The lowest BCUT2D eigenvalue weighted by molar-refractivity contribution is 0.286. The van der Waals surface area contributed by atoms with Crippen molar-refractivity contribution >= 4 is 0 Å². The molecule has 2 fully saturated rings. The summed E-state index contributed by atoms with van der Waals surface area (Å²) in [5.74, 6) is 1.43. The number of ether oxygens (including phenoxy) is 1. The van der Waals surface area contributed by atoms with Gasteiger partial charge in [-0.3, -0.25) is 0 Å². The largest absolute Gasteiger partial charge is 0.494 e. The molecule has 2 aliphatic rings. The predicted octanol–water partition coefficient (Wildman–Crippen LogP) is 3.86. The molecule has 1 aliphatic carbocycles. The van der Waals surface area contributed by atoms with E-state index in [0.717, 1.165) is 12.5 Å². The van der Waals surface area contributed by atoms with Crippen molar-refractivity contribution in [1.29, 1.82) is 0 Å². The SMILES string of the molecule is COc1cc(C2CNC(C3CCCCC3)C2)ccc1F. The first-order valence-corrected chi connectivity index (χ1v) is 7.84. The van der Waals surface area contributed by atoms with Crippen LogP contribution in [0.2, 0.25) is 0 Å². The predicted molar refractivity (Wildman–Crippen MR) is 78.7 cm³/mol. The molecule has 110 valence electrons. The van der Waals surface area contributed by atoms with E-state index in [-0.39, 0.29) is 5.82 Å². The number of benzene rings is 1. The van der Waals surface area contributed by atoms with Gasteiger partial charge in [0.05, 0.1) is 7.11 Å². The highest BCUT2D eigenvalue weighted by atomic mass is 19.1. The highest BCUT2D eigenvalue weighted by Crippen LogP contribution is 2.36. The number of rotatable bonds is 3. The Morgan fingerprint density at radius 3 is 2.75 bits per heavy atom. The fraction of sp³-hybridized carbons (Fsp3) is 0.647. The first-order chi connectivity index (χ1) is 9.78. The summed E-state index contributed by atoms with van der Waals surface area (Å²) in [7, 11) is 1.53. The van der Waals surface area contributed by atoms with Gasteiger partial charge in [-0.25, -0.2) is 4.39 Å². The number of hydrogen-bond donors (Lipinski definition) is 1. The van der Waals surface area contributed by atoms with Gasteiger partial charge in [0.25, 0.3) is 0 Å². The maximum atomic E-state index is 13.5. The summed E-state index contributed by atoms with van der Waals surface area (Å²) in [6.45, 7) is 1.01. The van der Waals surface area contributed by atoms with Crippen LogP contribution >= 0.6 is 0 Å². The molecule has 2 nitrogen and oxygen atoms in total. The van der Waals surface area contributed by atoms with Crippen LogP contribution in [-0.4, -0.2) is 19.7 Å². The molecule has 3 heteroatoms. The Morgan fingerprint density at radius 2 is 2.00 bits per heavy atom. The maximum Gasteiger partial charge on any atom is 0.165 e. The van der Waals surface area contributed by atoms with Crippen molar-refractivity contribution in [3.63, 3.8) is 0 Å². The van der Waals surface area contributed by atoms with E-state index < -0.39 is 0 Å². The summed E-state index contributed by atoms with van der Waals surface area (Å²) in [4.78, 5) is 0. The van der Waals surface area contributed by atoms with Gasteiger partial charge in [-0.15, -0.1) is 0 Å². The first kappa shape index (κ1) is 13.9. The number of methoxy groups -OCH3 is 1. The van der Waals surface area contributed by atoms with Crippen LogP contribution in [-0.2, 0) is 0 Å². The topological polar surface area (TPSA) is 21.3 Å². The molecule has 2 atom stereocenters. The van der Waals surface area contributed by atoms with Crippen LogP contribution < -0.4 is 10.1 Å². The molecule has 1 aromatic carbocycles.